The minimum Gasteiger partial charge on any atom is -0.349 e. The van der Waals surface area contributed by atoms with Gasteiger partial charge in [-0.15, -0.1) is 11.3 Å². The van der Waals surface area contributed by atoms with Crippen LogP contribution in [0.15, 0.2) is 30.3 Å². The number of hydrogen-bond donors (Lipinski definition) is 2. The van der Waals surface area contributed by atoms with Crippen molar-refractivity contribution in [2.24, 2.45) is 5.73 Å². The number of hydrogen-bond acceptors (Lipinski definition) is 4. The molecule has 1 heterocycles. The van der Waals surface area contributed by atoms with Crippen molar-refractivity contribution >= 4 is 17.2 Å². The third-order valence-corrected chi connectivity index (χ3v) is 4.11. The standard InChI is InChI=1S/C16H21N3OS/c1-11-14(15(20)18-10-16(2,3)17)21-13(19-11)9-12-7-5-4-6-8-12/h4-8H,9-10,17H2,1-3H3,(H,18,20). The second-order valence-corrected chi connectivity index (χ2v) is 6.94. The van der Waals surface area contributed by atoms with Crippen LogP contribution in [-0.2, 0) is 6.42 Å². The molecule has 0 aliphatic carbocycles. The summed E-state index contributed by atoms with van der Waals surface area (Å²) in [5.41, 5.74) is 7.44. The highest BCUT2D eigenvalue weighted by Gasteiger charge is 2.18. The van der Waals surface area contributed by atoms with Crippen molar-refractivity contribution in [1.82, 2.24) is 10.3 Å². The van der Waals surface area contributed by atoms with Gasteiger partial charge in [0.05, 0.1) is 10.7 Å². The lowest BCUT2D eigenvalue weighted by Crippen LogP contribution is -2.45. The molecule has 0 fully saturated rings. The van der Waals surface area contributed by atoms with Gasteiger partial charge in [0.2, 0.25) is 0 Å². The zero-order valence-electron chi connectivity index (χ0n) is 12.6. The zero-order valence-corrected chi connectivity index (χ0v) is 13.5. The van der Waals surface area contributed by atoms with Gasteiger partial charge in [-0.05, 0) is 26.3 Å². The van der Waals surface area contributed by atoms with Crippen LogP contribution in [0.4, 0.5) is 0 Å². The fourth-order valence-electron chi connectivity index (χ4n) is 1.90. The monoisotopic (exact) mass is 303 g/mol. The molecular formula is C16H21N3OS. The van der Waals surface area contributed by atoms with Gasteiger partial charge in [-0.2, -0.15) is 0 Å². The molecule has 2 rings (SSSR count). The molecule has 3 N–H and O–H groups in total. The maximum absolute atomic E-state index is 12.2. The van der Waals surface area contributed by atoms with Gasteiger partial charge in [-0.3, -0.25) is 4.79 Å². The van der Waals surface area contributed by atoms with Crippen molar-refractivity contribution in [3.8, 4) is 0 Å². The first-order valence-electron chi connectivity index (χ1n) is 6.92. The van der Waals surface area contributed by atoms with E-state index in [9.17, 15) is 4.79 Å². The highest BCUT2D eigenvalue weighted by molar-refractivity contribution is 7.13. The topological polar surface area (TPSA) is 68.0 Å². The quantitative estimate of drug-likeness (QED) is 0.892. The molecule has 1 aromatic carbocycles. The largest absolute Gasteiger partial charge is 0.349 e. The number of aromatic nitrogens is 1. The smallest absolute Gasteiger partial charge is 0.263 e. The normalized spacial score (nSPS) is 11.4. The van der Waals surface area contributed by atoms with E-state index >= 15 is 0 Å². The molecule has 2 aromatic rings. The molecule has 0 radical (unpaired) electrons. The number of thiazole rings is 1. The Bertz CT molecular complexity index is 614. The number of nitrogens with zero attached hydrogens (tertiary/aromatic N) is 1. The number of amides is 1. The van der Waals surface area contributed by atoms with E-state index in [0.29, 0.717) is 11.4 Å². The van der Waals surface area contributed by atoms with Crippen LogP contribution >= 0.6 is 11.3 Å². The van der Waals surface area contributed by atoms with Gasteiger partial charge in [0, 0.05) is 18.5 Å². The van der Waals surface area contributed by atoms with Gasteiger partial charge in [0.25, 0.3) is 5.91 Å². The summed E-state index contributed by atoms with van der Waals surface area (Å²) in [4.78, 5) is 17.4. The molecule has 1 amide bonds. The van der Waals surface area contributed by atoms with Gasteiger partial charge in [-0.25, -0.2) is 4.98 Å². The summed E-state index contributed by atoms with van der Waals surface area (Å²) in [7, 11) is 0. The highest BCUT2D eigenvalue weighted by atomic mass is 32.1. The van der Waals surface area contributed by atoms with Gasteiger partial charge in [-0.1, -0.05) is 30.3 Å². The summed E-state index contributed by atoms with van der Waals surface area (Å²) in [6, 6.07) is 10.1. The third kappa shape index (κ3) is 4.65. The van der Waals surface area contributed by atoms with E-state index in [1.165, 1.54) is 16.9 Å². The number of rotatable bonds is 5. The summed E-state index contributed by atoms with van der Waals surface area (Å²) in [6.07, 6.45) is 0.752. The van der Waals surface area contributed by atoms with E-state index in [-0.39, 0.29) is 5.91 Å². The molecule has 4 nitrogen and oxygen atoms in total. The number of nitrogens with one attached hydrogen (secondary N) is 1. The second-order valence-electron chi connectivity index (χ2n) is 5.86. The molecule has 0 atom stereocenters. The van der Waals surface area contributed by atoms with Crippen LogP contribution in [-0.4, -0.2) is 23.0 Å². The lowest BCUT2D eigenvalue weighted by atomic mass is 10.1. The average molecular weight is 303 g/mol. The van der Waals surface area contributed by atoms with E-state index in [2.05, 4.69) is 22.4 Å². The maximum Gasteiger partial charge on any atom is 0.263 e. The Labute approximate surface area is 129 Å². The molecule has 0 unspecified atom stereocenters. The Morgan fingerprint density at radius 1 is 1.33 bits per heavy atom. The van der Waals surface area contributed by atoms with E-state index in [0.717, 1.165) is 17.1 Å². The van der Waals surface area contributed by atoms with E-state index in [1.54, 1.807) is 0 Å². The Balaban J connectivity index is 2.07. The van der Waals surface area contributed by atoms with Crippen LogP contribution < -0.4 is 11.1 Å². The molecule has 5 heteroatoms. The first-order valence-corrected chi connectivity index (χ1v) is 7.74. The Hall–Kier alpha value is -1.72. The molecule has 0 aliphatic heterocycles. The number of carbonyl (C=O) groups is 1. The fourth-order valence-corrected chi connectivity index (χ4v) is 2.91. The van der Waals surface area contributed by atoms with Crippen LogP contribution in [0.1, 0.15) is 39.8 Å². The van der Waals surface area contributed by atoms with E-state index < -0.39 is 5.54 Å². The van der Waals surface area contributed by atoms with Crippen molar-refractivity contribution in [3.05, 3.63) is 51.5 Å². The van der Waals surface area contributed by atoms with Gasteiger partial charge in [0.1, 0.15) is 4.88 Å². The minimum absolute atomic E-state index is 0.0946. The average Bonchev–Trinajstić information content (AvgIpc) is 2.77. The lowest BCUT2D eigenvalue weighted by Gasteiger charge is -2.18. The van der Waals surface area contributed by atoms with Crippen LogP contribution in [0.25, 0.3) is 0 Å². The summed E-state index contributed by atoms with van der Waals surface area (Å²) < 4.78 is 0. The molecule has 112 valence electrons. The van der Waals surface area contributed by atoms with Crippen molar-refractivity contribution in [2.45, 2.75) is 32.7 Å². The highest BCUT2D eigenvalue weighted by Crippen LogP contribution is 2.20. The SMILES string of the molecule is Cc1nc(Cc2ccccc2)sc1C(=O)NCC(C)(C)N. The number of aryl methyl sites for hydroxylation is 1. The summed E-state index contributed by atoms with van der Waals surface area (Å²) in [5, 5.41) is 3.82. The third-order valence-electron chi connectivity index (χ3n) is 2.95. The maximum atomic E-state index is 12.2. The Morgan fingerprint density at radius 2 is 2.00 bits per heavy atom. The van der Waals surface area contributed by atoms with Crippen LogP contribution in [0.3, 0.4) is 0 Å². The van der Waals surface area contributed by atoms with Crippen LogP contribution in [0.5, 0.6) is 0 Å². The minimum atomic E-state index is -0.416. The molecule has 0 saturated heterocycles. The molecule has 1 aromatic heterocycles. The molecule has 0 bridgehead atoms. The number of nitrogens with two attached hydrogens (primary N) is 1. The van der Waals surface area contributed by atoms with Crippen LogP contribution in [0, 0.1) is 6.92 Å². The molecular weight excluding hydrogens is 282 g/mol. The summed E-state index contributed by atoms with van der Waals surface area (Å²) in [5.74, 6) is -0.0946. The Morgan fingerprint density at radius 3 is 2.62 bits per heavy atom. The van der Waals surface area contributed by atoms with Crippen molar-refractivity contribution in [2.75, 3.05) is 6.54 Å². The lowest BCUT2D eigenvalue weighted by molar-refractivity contribution is 0.0949. The van der Waals surface area contributed by atoms with Crippen LogP contribution in [0.2, 0.25) is 0 Å². The van der Waals surface area contributed by atoms with Crippen molar-refractivity contribution < 1.29 is 4.79 Å². The van der Waals surface area contributed by atoms with Gasteiger partial charge < -0.3 is 11.1 Å². The molecule has 0 aliphatic rings. The van der Waals surface area contributed by atoms with Crippen molar-refractivity contribution in [1.29, 1.82) is 0 Å². The van der Waals surface area contributed by atoms with E-state index in [4.69, 9.17) is 5.73 Å². The summed E-state index contributed by atoms with van der Waals surface area (Å²) >= 11 is 1.45. The van der Waals surface area contributed by atoms with E-state index in [1.807, 2.05) is 39.0 Å². The molecule has 0 spiro atoms. The number of carbonyl (C=O) groups excluding carboxylic acids is 1. The first-order chi connectivity index (χ1) is 9.85. The fraction of sp³-hybridized carbons (Fsp3) is 0.375. The molecule has 21 heavy (non-hydrogen) atoms. The van der Waals surface area contributed by atoms with Gasteiger partial charge >= 0.3 is 0 Å². The second kappa shape index (κ2) is 6.37. The molecule has 0 saturated carbocycles. The Kier molecular flexibility index (Phi) is 4.75. The first kappa shape index (κ1) is 15.7. The van der Waals surface area contributed by atoms with Gasteiger partial charge in [0.15, 0.2) is 0 Å². The van der Waals surface area contributed by atoms with Crippen molar-refractivity contribution in [3.63, 3.8) is 0 Å². The zero-order chi connectivity index (χ0) is 15.5. The predicted octanol–water partition coefficient (Wildman–Crippen LogP) is 2.51. The number of benzene rings is 1. The summed E-state index contributed by atoms with van der Waals surface area (Å²) in [6.45, 7) is 6.08. The predicted molar refractivity (Wildman–Crippen MR) is 86.7 cm³/mol.